The third-order valence-corrected chi connectivity index (χ3v) is 1.70. The maximum Gasteiger partial charge on any atom is 0.0881 e. The zero-order chi connectivity index (χ0) is 8.27. The van der Waals surface area contributed by atoms with Crippen molar-refractivity contribution in [1.29, 1.82) is 0 Å². The molecule has 0 fully saturated rings. The van der Waals surface area contributed by atoms with Gasteiger partial charge in [-0.25, -0.2) is 0 Å². The van der Waals surface area contributed by atoms with Crippen LogP contribution in [-0.2, 0) is 6.42 Å². The van der Waals surface area contributed by atoms with Gasteiger partial charge >= 0.3 is 0 Å². The van der Waals surface area contributed by atoms with E-state index in [1.807, 2.05) is 0 Å². The second kappa shape index (κ2) is 3.51. The molecule has 0 amide bonds. The molecule has 0 aliphatic heterocycles. The van der Waals surface area contributed by atoms with Crippen molar-refractivity contribution in [2.24, 2.45) is 0 Å². The standard InChI is InChI=1S/C8H15N3/c1-4-5-7-8(6(2)3)10-11-9-7/h6H,4-5H2,1-3H3,(H,9,10,11). The van der Waals surface area contributed by atoms with Gasteiger partial charge in [0, 0.05) is 0 Å². The molecule has 1 rings (SSSR count). The highest BCUT2D eigenvalue weighted by Crippen LogP contribution is 2.14. The van der Waals surface area contributed by atoms with Crippen molar-refractivity contribution >= 4 is 0 Å². The number of nitrogens with one attached hydrogen (secondary N) is 1. The molecule has 0 saturated heterocycles. The Bertz CT molecular complexity index is 215. The van der Waals surface area contributed by atoms with E-state index in [9.17, 15) is 0 Å². The molecule has 0 aliphatic rings. The van der Waals surface area contributed by atoms with E-state index in [1.54, 1.807) is 0 Å². The lowest BCUT2D eigenvalue weighted by atomic mass is 10.1. The predicted molar refractivity (Wildman–Crippen MR) is 44.5 cm³/mol. The second-order valence-corrected chi connectivity index (χ2v) is 3.08. The molecule has 0 aliphatic carbocycles. The molecule has 1 aromatic heterocycles. The summed E-state index contributed by atoms with van der Waals surface area (Å²) in [5, 5.41) is 10.7. The van der Waals surface area contributed by atoms with Crippen molar-refractivity contribution in [3.63, 3.8) is 0 Å². The van der Waals surface area contributed by atoms with Gasteiger partial charge in [0.05, 0.1) is 11.4 Å². The summed E-state index contributed by atoms with van der Waals surface area (Å²) in [7, 11) is 0. The van der Waals surface area contributed by atoms with Gasteiger partial charge in [0.25, 0.3) is 0 Å². The van der Waals surface area contributed by atoms with Crippen LogP contribution in [0.3, 0.4) is 0 Å². The summed E-state index contributed by atoms with van der Waals surface area (Å²) in [5.41, 5.74) is 2.31. The van der Waals surface area contributed by atoms with Gasteiger partial charge in [-0.05, 0) is 12.3 Å². The molecule has 0 saturated carbocycles. The molecular formula is C8H15N3. The fourth-order valence-corrected chi connectivity index (χ4v) is 1.15. The normalized spacial score (nSPS) is 10.9. The van der Waals surface area contributed by atoms with E-state index in [2.05, 4.69) is 36.2 Å². The quantitative estimate of drug-likeness (QED) is 0.720. The molecule has 3 nitrogen and oxygen atoms in total. The summed E-state index contributed by atoms with van der Waals surface area (Å²) in [6.45, 7) is 6.43. The van der Waals surface area contributed by atoms with Gasteiger partial charge in [-0.1, -0.05) is 32.4 Å². The number of H-pyrrole nitrogens is 1. The summed E-state index contributed by atoms with van der Waals surface area (Å²) in [6.07, 6.45) is 2.20. The molecule has 0 bridgehead atoms. The van der Waals surface area contributed by atoms with Crippen LogP contribution in [0.2, 0.25) is 0 Å². The molecule has 0 unspecified atom stereocenters. The molecule has 1 aromatic rings. The van der Waals surface area contributed by atoms with Crippen molar-refractivity contribution in [3.05, 3.63) is 11.4 Å². The van der Waals surface area contributed by atoms with Gasteiger partial charge in [0.1, 0.15) is 0 Å². The van der Waals surface area contributed by atoms with Crippen LogP contribution in [0.4, 0.5) is 0 Å². The summed E-state index contributed by atoms with van der Waals surface area (Å²) < 4.78 is 0. The number of nitrogens with zero attached hydrogens (tertiary/aromatic N) is 2. The summed E-state index contributed by atoms with van der Waals surface area (Å²) >= 11 is 0. The van der Waals surface area contributed by atoms with Crippen LogP contribution in [0.25, 0.3) is 0 Å². The van der Waals surface area contributed by atoms with Crippen molar-refractivity contribution in [2.45, 2.75) is 39.5 Å². The minimum atomic E-state index is 0.482. The van der Waals surface area contributed by atoms with Crippen LogP contribution in [0.1, 0.15) is 44.5 Å². The Kier molecular flexibility index (Phi) is 2.63. The first-order chi connectivity index (χ1) is 5.25. The van der Waals surface area contributed by atoms with Gasteiger partial charge in [0.2, 0.25) is 0 Å². The summed E-state index contributed by atoms with van der Waals surface area (Å²) in [6, 6.07) is 0. The summed E-state index contributed by atoms with van der Waals surface area (Å²) in [4.78, 5) is 0. The topological polar surface area (TPSA) is 41.6 Å². The molecule has 62 valence electrons. The van der Waals surface area contributed by atoms with Crippen molar-refractivity contribution in [2.75, 3.05) is 0 Å². The Labute approximate surface area is 67.2 Å². The fraction of sp³-hybridized carbons (Fsp3) is 0.750. The number of aromatic amines is 1. The van der Waals surface area contributed by atoms with E-state index in [1.165, 1.54) is 5.69 Å². The monoisotopic (exact) mass is 153 g/mol. The van der Waals surface area contributed by atoms with Crippen molar-refractivity contribution in [1.82, 2.24) is 15.4 Å². The number of aromatic nitrogens is 3. The average molecular weight is 153 g/mol. The first kappa shape index (κ1) is 8.24. The second-order valence-electron chi connectivity index (χ2n) is 3.08. The van der Waals surface area contributed by atoms with E-state index in [4.69, 9.17) is 0 Å². The molecule has 3 heteroatoms. The highest BCUT2D eigenvalue weighted by atomic mass is 15.3. The minimum absolute atomic E-state index is 0.482. The zero-order valence-corrected chi connectivity index (χ0v) is 7.39. The largest absolute Gasteiger partial charge is 0.262 e. The Morgan fingerprint density at radius 1 is 1.45 bits per heavy atom. The first-order valence-electron chi connectivity index (χ1n) is 4.15. The lowest BCUT2D eigenvalue weighted by Crippen LogP contribution is -1.94. The van der Waals surface area contributed by atoms with Crippen LogP contribution >= 0.6 is 0 Å². The molecule has 1 N–H and O–H groups in total. The molecule has 0 spiro atoms. The van der Waals surface area contributed by atoms with Gasteiger partial charge in [-0.15, -0.1) is 5.10 Å². The molecule has 0 aromatic carbocycles. The first-order valence-corrected chi connectivity index (χ1v) is 4.15. The van der Waals surface area contributed by atoms with E-state index in [0.29, 0.717) is 5.92 Å². The van der Waals surface area contributed by atoms with Gasteiger partial charge < -0.3 is 0 Å². The SMILES string of the molecule is CCCc1[nH]nnc1C(C)C. The number of hydrogen-bond acceptors (Lipinski definition) is 2. The zero-order valence-electron chi connectivity index (χ0n) is 7.39. The maximum absolute atomic E-state index is 4.03. The van der Waals surface area contributed by atoms with Crippen molar-refractivity contribution in [3.8, 4) is 0 Å². The minimum Gasteiger partial charge on any atom is -0.262 e. The smallest absolute Gasteiger partial charge is 0.0881 e. The average Bonchev–Trinajstić information content (AvgIpc) is 2.36. The Hall–Kier alpha value is -0.860. The van der Waals surface area contributed by atoms with E-state index in [-0.39, 0.29) is 0 Å². The molecular weight excluding hydrogens is 138 g/mol. The summed E-state index contributed by atoms with van der Waals surface area (Å²) in [5.74, 6) is 0.482. The lowest BCUT2D eigenvalue weighted by molar-refractivity contribution is 0.785. The van der Waals surface area contributed by atoms with Crippen LogP contribution in [0, 0.1) is 0 Å². The number of hydrogen-bond donors (Lipinski definition) is 1. The number of rotatable bonds is 3. The third-order valence-electron chi connectivity index (χ3n) is 1.70. The lowest BCUT2D eigenvalue weighted by Gasteiger charge is -2.01. The third kappa shape index (κ3) is 1.79. The van der Waals surface area contributed by atoms with E-state index < -0.39 is 0 Å². The molecule has 11 heavy (non-hydrogen) atoms. The van der Waals surface area contributed by atoms with Crippen LogP contribution in [0.5, 0.6) is 0 Å². The Balaban J connectivity index is 2.78. The van der Waals surface area contributed by atoms with Crippen molar-refractivity contribution < 1.29 is 0 Å². The molecule has 0 radical (unpaired) electrons. The van der Waals surface area contributed by atoms with Gasteiger partial charge in [-0.2, -0.15) is 0 Å². The van der Waals surface area contributed by atoms with Crippen LogP contribution < -0.4 is 0 Å². The highest BCUT2D eigenvalue weighted by Gasteiger charge is 2.08. The molecule has 1 heterocycles. The maximum atomic E-state index is 4.03. The Morgan fingerprint density at radius 3 is 2.73 bits per heavy atom. The number of aryl methyl sites for hydroxylation is 1. The van der Waals surface area contributed by atoms with E-state index in [0.717, 1.165) is 18.5 Å². The molecule has 0 atom stereocenters. The fourth-order valence-electron chi connectivity index (χ4n) is 1.15. The van der Waals surface area contributed by atoms with E-state index >= 15 is 0 Å². The van der Waals surface area contributed by atoms with Crippen LogP contribution in [0.15, 0.2) is 0 Å². The van der Waals surface area contributed by atoms with Gasteiger partial charge in [-0.3, -0.25) is 5.10 Å². The highest BCUT2D eigenvalue weighted by molar-refractivity contribution is 5.12. The van der Waals surface area contributed by atoms with Gasteiger partial charge in [0.15, 0.2) is 0 Å². The predicted octanol–water partition coefficient (Wildman–Crippen LogP) is 1.88. The Morgan fingerprint density at radius 2 is 2.18 bits per heavy atom. The van der Waals surface area contributed by atoms with Crippen LogP contribution in [-0.4, -0.2) is 15.4 Å².